The van der Waals surface area contributed by atoms with Gasteiger partial charge in [-0.2, -0.15) is 18.3 Å². The first-order chi connectivity index (χ1) is 11.8. The number of hydrogen-bond acceptors (Lipinski definition) is 4. The predicted octanol–water partition coefficient (Wildman–Crippen LogP) is 3.60. The standard InChI is InChI=1S/C17H13F3N2O3/c1-25-16(24)10-2-5-15-11(6-10)8-21-22(15)9-12-7-13(23)3-4-14(12)17(18,19)20/h2-8,23H,9H2,1H3. The Balaban J connectivity index is 2.02. The van der Waals surface area contributed by atoms with Gasteiger partial charge in [0.1, 0.15) is 5.75 Å². The lowest BCUT2D eigenvalue weighted by Crippen LogP contribution is -2.12. The zero-order chi connectivity index (χ0) is 18.2. The number of methoxy groups -OCH3 is 1. The van der Waals surface area contributed by atoms with Crippen LogP contribution in [0, 0.1) is 0 Å². The van der Waals surface area contributed by atoms with E-state index in [0.29, 0.717) is 16.5 Å². The number of hydrogen-bond donors (Lipinski definition) is 1. The van der Waals surface area contributed by atoms with E-state index in [2.05, 4.69) is 9.84 Å². The van der Waals surface area contributed by atoms with Gasteiger partial charge in [0.25, 0.3) is 0 Å². The molecule has 2 aromatic carbocycles. The lowest BCUT2D eigenvalue weighted by molar-refractivity contribution is -0.138. The highest BCUT2D eigenvalue weighted by Crippen LogP contribution is 2.34. The van der Waals surface area contributed by atoms with Gasteiger partial charge in [0.15, 0.2) is 0 Å². The maximum atomic E-state index is 13.1. The van der Waals surface area contributed by atoms with E-state index < -0.39 is 17.7 Å². The van der Waals surface area contributed by atoms with E-state index in [1.165, 1.54) is 24.1 Å². The Morgan fingerprint density at radius 2 is 2.00 bits per heavy atom. The Labute approximate surface area is 140 Å². The van der Waals surface area contributed by atoms with E-state index in [0.717, 1.165) is 18.2 Å². The molecule has 0 aliphatic heterocycles. The first-order valence-electron chi connectivity index (χ1n) is 7.22. The average Bonchev–Trinajstić information content (AvgIpc) is 2.95. The number of rotatable bonds is 3. The largest absolute Gasteiger partial charge is 0.508 e. The Kier molecular flexibility index (Phi) is 4.12. The van der Waals surface area contributed by atoms with E-state index in [-0.39, 0.29) is 17.9 Å². The van der Waals surface area contributed by atoms with Crippen LogP contribution in [0.1, 0.15) is 21.5 Å². The third-order valence-corrected chi connectivity index (χ3v) is 3.78. The normalized spacial score (nSPS) is 11.7. The van der Waals surface area contributed by atoms with E-state index in [9.17, 15) is 23.1 Å². The van der Waals surface area contributed by atoms with Crippen LogP contribution < -0.4 is 0 Å². The molecule has 0 fully saturated rings. The van der Waals surface area contributed by atoms with Gasteiger partial charge >= 0.3 is 12.1 Å². The third-order valence-electron chi connectivity index (χ3n) is 3.78. The number of alkyl halides is 3. The SMILES string of the molecule is COC(=O)c1ccc2c(cnn2Cc2cc(O)ccc2C(F)(F)F)c1. The molecule has 1 heterocycles. The Hall–Kier alpha value is -3.03. The molecule has 25 heavy (non-hydrogen) atoms. The second kappa shape index (κ2) is 6.12. The molecule has 1 aromatic heterocycles. The average molecular weight is 350 g/mol. The molecule has 0 unspecified atom stereocenters. The summed E-state index contributed by atoms with van der Waals surface area (Å²) in [6.45, 7) is -0.176. The number of halogens is 3. The van der Waals surface area contributed by atoms with Crippen molar-refractivity contribution in [3.8, 4) is 5.75 Å². The van der Waals surface area contributed by atoms with Crippen molar-refractivity contribution in [2.45, 2.75) is 12.7 Å². The van der Waals surface area contributed by atoms with Crippen LogP contribution in [0.25, 0.3) is 10.9 Å². The number of carbonyl (C=O) groups is 1. The molecule has 8 heteroatoms. The lowest BCUT2D eigenvalue weighted by atomic mass is 10.1. The highest BCUT2D eigenvalue weighted by molar-refractivity contribution is 5.94. The molecule has 0 aliphatic rings. The first-order valence-corrected chi connectivity index (χ1v) is 7.22. The fourth-order valence-corrected chi connectivity index (χ4v) is 2.61. The molecule has 0 aliphatic carbocycles. The molecule has 0 saturated heterocycles. The van der Waals surface area contributed by atoms with Gasteiger partial charge in [0.2, 0.25) is 0 Å². The summed E-state index contributed by atoms with van der Waals surface area (Å²) in [7, 11) is 1.26. The van der Waals surface area contributed by atoms with Crippen LogP contribution in [0.15, 0.2) is 42.6 Å². The number of ether oxygens (including phenoxy) is 1. The predicted molar refractivity (Wildman–Crippen MR) is 83.3 cm³/mol. The minimum absolute atomic E-state index is 0.102. The summed E-state index contributed by atoms with van der Waals surface area (Å²) >= 11 is 0. The molecule has 0 saturated carbocycles. The van der Waals surface area contributed by atoms with Crippen molar-refractivity contribution < 1.29 is 27.8 Å². The number of fused-ring (bicyclic) bond motifs is 1. The highest BCUT2D eigenvalue weighted by atomic mass is 19.4. The minimum atomic E-state index is -4.54. The molecule has 3 rings (SSSR count). The summed E-state index contributed by atoms with van der Waals surface area (Å²) in [5.74, 6) is -0.769. The summed E-state index contributed by atoms with van der Waals surface area (Å²) < 4.78 is 45.4. The monoisotopic (exact) mass is 350 g/mol. The number of nitrogens with zero attached hydrogens (tertiary/aromatic N) is 2. The van der Waals surface area contributed by atoms with E-state index in [1.54, 1.807) is 12.1 Å². The number of phenols is 1. The van der Waals surface area contributed by atoms with Gasteiger partial charge in [-0.3, -0.25) is 4.68 Å². The summed E-state index contributed by atoms with van der Waals surface area (Å²) in [5.41, 5.74) is -0.0540. The summed E-state index contributed by atoms with van der Waals surface area (Å²) in [4.78, 5) is 11.5. The van der Waals surface area contributed by atoms with E-state index >= 15 is 0 Å². The van der Waals surface area contributed by atoms with Gasteiger partial charge in [-0.05, 0) is 42.0 Å². The molecular weight excluding hydrogens is 337 g/mol. The molecule has 1 N–H and O–H groups in total. The number of phenolic OH excluding ortho intramolecular Hbond substituents is 1. The fraction of sp³-hybridized carbons (Fsp3) is 0.176. The summed E-state index contributed by atoms with van der Waals surface area (Å²) in [5, 5.41) is 14.2. The number of benzene rings is 2. The van der Waals surface area contributed by atoms with Gasteiger partial charge in [0, 0.05) is 5.39 Å². The van der Waals surface area contributed by atoms with Crippen molar-refractivity contribution in [2.75, 3.05) is 7.11 Å². The van der Waals surface area contributed by atoms with Crippen LogP contribution >= 0.6 is 0 Å². The fourth-order valence-electron chi connectivity index (χ4n) is 2.61. The van der Waals surface area contributed by atoms with Crippen LogP contribution in [0.3, 0.4) is 0 Å². The first kappa shape index (κ1) is 16.8. The van der Waals surface area contributed by atoms with Crippen LogP contribution in [0.2, 0.25) is 0 Å². The van der Waals surface area contributed by atoms with Crippen molar-refractivity contribution >= 4 is 16.9 Å². The number of aromatic hydroxyl groups is 1. The van der Waals surface area contributed by atoms with Crippen molar-refractivity contribution in [3.63, 3.8) is 0 Å². The maximum absolute atomic E-state index is 13.1. The molecule has 0 atom stereocenters. The maximum Gasteiger partial charge on any atom is 0.416 e. The Bertz CT molecular complexity index is 948. The Morgan fingerprint density at radius 3 is 2.68 bits per heavy atom. The second-order valence-electron chi connectivity index (χ2n) is 5.41. The smallest absolute Gasteiger partial charge is 0.416 e. The highest BCUT2D eigenvalue weighted by Gasteiger charge is 2.33. The second-order valence-corrected chi connectivity index (χ2v) is 5.41. The molecule has 130 valence electrons. The summed E-state index contributed by atoms with van der Waals surface area (Å²) in [6, 6.07) is 7.56. The van der Waals surface area contributed by atoms with Gasteiger partial charge in [0.05, 0.1) is 36.5 Å². The van der Waals surface area contributed by atoms with Gasteiger partial charge in [-0.25, -0.2) is 4.79 Å². The van der Waals surface area contributed by atoms with Crippen LogP contribution in [0.5, 0.6) is 5.75 Å². The molecule has 3 aromatic rings. The topological polar surface area (TPSA) is 64.3 Å². The van der Waals surface area contributed by atoms with Crippen molar-refractivity contribution in [1.82, 2.24) is 9.78 Å². The number of aromatic nitrogens is 2. The number of esters is 1. The lowest BCUT2D eigenvalue weighted by Gasteiger charge is -2.13. The van der Waals surface area contributed by atoms with E-state index in [4.69, 9.17) is 0 Å². The van der Waals surface area contributed by atoms with Crippen LogP contribution in [-0.2, 0) is 17.5 Å². The minimum Gasteiger partial charge on any atom is -0.508 e. The van der Waals surface area contributed by atoms with Crippen LogP contribution in [0.4, 0.5) is 13.2 Å². The molecular formula is C17H13F3N2O3. The van der Waals surface area contributed by atoms with Gasteiger partial charge < -0.3 is 9.84 Å². The summed E-state index contributed by atoms with van der Waals surface area (Å²) in [6.07, 6.45) is -3.08. The molecule has 0 amide bonds. The van der Waals surface area contributed by atoms with Gasteiger partial charge in [-0.15, -0.1) is 0 Å². The van der Waals surface area contributed by atoms with Gasteiger partial charge in [-0.1, -0.05) is 0 Å². The zero-order valence-corrected chi connectivity index (χ0v) is 13.0. The van der Waals surface area contributed by atoms with Crippen molar-refractivity contribution in [3.05, 3.63) is 59.3 Å². The van der Waals surface area contributed by atoms with E-state index in [1.807, 2.05) is 0 Å². The molecule has 0 bridgehead atoms. The Morgan fingerprint density at radius 1 is 1.24 bits per heavy atom. The third kappa shape index (κ3) is 3.28. The molecule has 5 nitrogen and oxygen atoms in total. The van der Waals surface area contributed by atoms with Crippen LogP contribution in [-0.4, -0.2) is 28.0 Å². The van der Waals surface area contributed by atoms with Crippen molar-refractivity contribution in [2.24, 2.45) is 0 Å². The molecule has 0 radical (unpaired) electrons. The molecule has 0 spiro atoms. The number of carbonyl (C=O) groups excluding carboxylic acids is 1. The quantitative estimate of drug-likeness (QED) is 0.733. The van der Waals surface area contributed by atoms with Crippen molar-refractivity contribution in [1.29, 1.82) is 0 Å². The zero-order valence-electron chi connectivity index (χ0n) is 13.0.